The summed E-state index contributed by atoms with van der Waals surface area (Å²) in [5.41, 5.74) is 0.0156. The average molecular weight is 296 g/mol. The molecule has 0 bridgehead atoms. The Balaban J connectivity index is 2.39. The van der Waals surface area contributed by atoms with Gasteiger partial charge in [-0.05, 0) is 48.9 Å². The second kappa shape index (κ2) is 6.65. The second-order valence-corrected chi connectivity index (χ2v) is 7.22. The highest BCUT2D eigenvalue weighted by Crippen LogP contribution is 2.46. The molecule has 0 radical (unpaired) electrons. The van der Waals surface area contributed by atoms with Crippen LogP contribution in [0, 0.1) is 16.7 Å². The molecule has 1 saturated carbocycles. The standard InChI is InChI=1S/C15H27F3O2/c1-13(2,3)12-4-6-14(10-19,7-5-12)8-9-20-11-15(16,17)18/h12,19H,4-11H2,1-3H3. The number of hydrogen-bond acceptors (Lipinski definition) is 2. The third-order valence-electron chi connectivity index (χ3n) is 4.65. The van der Waals surface area contributed by atoms with Crippen LogP contribution in [0.15, 0.2) is 0 Å². The van der Waals surface area contributed by atoms with Gasteiger partial charge in [-0.3, -0.25) is 0 Å². The Labute approximate surface area is 119 Å². The fourth-order valence-corrected chi connectivity index (χ4v) is 3.06. The lowest BCUT2D eigenvalue weighted by molar-refractivity contribution is -0.176. The van der Waals surface area contributed by atoms with Crippen LogP contribution in [0.25, 0.3) is 0 Å². The van der Waals surface area contributed by atoms with Crippen LogP contribution in [0.3, 0.4) is 0 Å². The molecule has 0 aromatic carbocycles. The van der Waals surface area contributed by atoms with Gasteiger partial charge in [0.1, 0.15) is 6.61 Å². The highest BCUT2D eigenvalue weighted by atomic mass is 19.4. The van der Waals surface area contributed by atoms with E-state index in [2.05, 4.69) is 25.5 Å². The number of ether oxygens (including phenoxy) is 1. The van der Waals surface area contributed by atoms with Gasteiger partial charge < -0.3 is 9.84 Å². The molecule has 0 atom stereocenters. The Morgan fingerprint density at radius 2 is 1.70 bits per heavy atom. The van der Waals surface area contributed by atoms with E-state index in [1.54, 1.807) is 0 Å². The smallest absolute Gasteiger partial charge is 0.396 e. The van der Waals surface area contributed by atoms with Crippen molar-refractivity contribution in [2.75, 3.05) is 19.8 Å². The molecule has 0 aliphatic heterocycles. The van der Waals surface area contributed by atoms with Crippen molar-refractivity contribution in [3.63, 3.8) is 0 Å². The maximum Gasteiger partial charge on any atom is 0.411 e. The molecular formula is C15H27F3O2. The minimum atomic E-state index is -4.27. The molecule has 1 fully saturated rings. The van der Waals surface area contributed by atoms with E-state index in [0.29, 0.717) is 12.3 Å². The molecule has 1 aliphatic carbocycles. The Morgan fingerprint density at radius 3 is 2.10 bits per heavy atom. The maximum absolute atomic E-state index is 12.0. The van der Waals surface area contributed by atoms with Gasteiger partial charge in [0, 0.05) is 13.2 Å². The molecule has 0 aromatic rings. The highest BCUT2D eigenvalue weighted by molar-refractivity contribution is 4.88. The number of hydrogen-bond donors (Lipinski definition) is 1. The maximum atomic E-state index is 12.0. The molecule has 0 aromatic heterocycles. The van der Waals surface area contributed by atoms with Crippen LogP contribution in [0.2, 0.25) is 0 Å². The summed E-state index contributed by atoms with van der Waals surface area (Å²) in [6, 6.07) is 0. The van der Waals surface area contributed by atoms with E-state index in [4.69, 9.17) is 0 Å². The number of halogens is 3. The van der Waals surface area contributed by atoms with Crippen molar-refractivity contribution < 1.29 is 23.0 Å². The van der Waals surface area contributed by atoms with Crippen LogP contribution in [0.4, 0.5) is 13.2 Å². The summed E-state index contributed by atoms with van der Waals surface area (Å²) in [7, 11) is 0. The molecule has 0 unspecified atom stereocenters. The molecule has 2 nitrogen and oxygen atoms in total. The zero-order chi connectivity index (χ0) is 15.4. The topological polar surface area (TPSA) is 29.5 Å². The third-order valence-corrected chi connectivity index (χ3v) is 4.65. The molecule has 0 amide bonds. The van der Waals surface area contributed by atoms with Gasteiger partial charge in [-0.25, -0.2) is 0 Å². The zero-order valence-electron chi connectivity index (χ0n) is 12.7. The first-order valence-corrected chi connectivity index (χ1v) is 7.33. The Bertz CT molecular complexity index is 286. The summed E-state index contributed by atoms with van der Waals surface area (Å²) >= 11 is 0. The fourth-order valence-electron chi connectivity index (χ4n) is 3.06. The van der Waals surface area contributed by atoms with Crippen LogP contribution < -0.4 is 0 Å². The summed E-state index contributed by atoms with van der Waals surface area (Å²) < 4.78 is 40.7. The van der Waals surface area contributed by atoms with Crippen LogP contribution in [0.1, 0.15) is 52.9 Å². The lowest BCUT2D eigenvalue weighted by Crippen LogP contribution is -2.36. The van der Waals surface area contributed by atoms with Crippen LogP contribution >= 0.6 is 0 Å². The molecule has 0 spiro atoms. The van der Waals surface area contributed by atoms with Gasteiger partial charge in [-0.1, -0.05) is 20.8 Å². The number of aliphatic hydroxyl groups is 1. The first-order valence-electron chi connectivity index (χ1n) is 7.33. The van der Waals surface area contributed by atoms with Crippen LogP contribution in [-0.2, 0) is 4.74 Å². The molecule has 5 heteroatoms. The fraction of sp³-hybridized carbons (Fsp3) is 1.00. The molecule has 1 rings (SSSR count). The molecule has 1 aliphatic rings. The van der Waals surface area contributed by atoms with E-state index in [1.165, 1.54) is 0 Å². The van der Waals surface area contributed by atoms with Crippen molar-refractivity contribution in [3.8, 4) is 0 Å². The van der Waals surface area contributed by atoms with E-state index >= 15 is 0 Å². The SMILES string of the molecule is CC(C)(C)C1CCC(CO)(CCOCC(F)(F)F)CC1. The molecule has 0 heterocycles. The van der Waals surface area contributed by atoms with Crippen molar-refractivity contribution >= 4 is 0 Å². The van der Waals surface area contributed by atoms with E-state index in [9.17, 15) is 18.3 Å². The van der Waals surface area contributed by atoms with Gasteiger partial charge >= 0.3 is 6.18 Å². The molecule has 1 N–H and O–H groups in total. The quantitative estimate of drug-likeness (QED) is 0.772. The van der Waals surface area contributed by atoms with Crippen molar-refractivity contribution in [2.24, 2.45) is 16.7 Å². The van der Waals surface area contributed by atoms with Gasteiger partial charge in [0.25, 0.3) is 0 Å². The summed E-state index contributed by atoms with van der Waals surface area (Å²) in [6.07, 6.45) is 0.0566. The Hall–Kier alpha value is -0.290. The van der Waals surface area contributed by atoms with E-state index in [-0.39, 0.29) is 24.0 Å². The van der Waals surface area contributed by atoms with E-state index in [1.807, 2.05) is 0 Å². The molecular weight excluding hydrogens is 269 g/mol. The highest BCUT2D eigenvalue weighted by Gasteiger charge is 2.38. The summed E-state index contributed by atoms with van der Waals surface area (Å²) in [4.78, 5) is 0. The molecule has 0 saturated heterocycles. The summed E-state index contributed by atoms with van der Waals surface area (Å²) in [6.45, 7) is 5.57. The summed E-state index contributed by atoms with van der Waals surface area (Å²) in [5.74, 6) is 0.623. The minimum absolute atomic E-state index is 0.0409. The monoisotopic (exact) mass is 296 g/mol. The first kappa shape index (κ1) is 17.8. The van der Waals surface area contributed by atoms with Crippen LogP contribution in [-0.4, -0.2) is 31.1 Å². The van der Waals surface area contributed by atoms with Crippen molar-refractivity contribution in [3.05, 3.63) is 0 Å². The van der Waals surface area contributed by atoms with Gasteiger partial charge in [0.05, 0.1) is 0 Å². The van der Waals surface area contributed by atoms with Crippen molar-refractivity contribution in [1.82, 2.24) is 0 Å². The lowest BCUT2D eigenvalue weighted by Gasteiger charge is -2.43. The third kappa shape index (κ3) is 5.60. The largest absolute Gasteiger partial charge is 0.411 e. The van der Waals surface area contributed by atoms with Crippen molar-refractivity contribution in [2.45, 2.75) is 59.1 Å². The van der Waals surface area contributed by atoms with Gasteiger partial charge in [0.2, 0.25) is 0 Å². The first-order chi connectivity index (χ1) is 9.08. The normalized spacial score (nSPS) is 28.6. The number of rotatable bonds is 5. The van der Waals surface area contributed by atoms with Gasteiger partial charge in [0.15, 0.2) is 0 Å². The Kier molecular flexibility index (Phi) is 5.90. The number of alkyl halides is 3. The van der Waals surface area contributed by atoms with Gasteiger partial charge in [-0.15, -0.1) is 0 Å². The van der Waals surface area contributed by atoms with E-state index in [0.717, 1.165) is 25.7 Å². The van der Waals surface area contributed by atoms with E-state index < -0.39 is 12.8 Å². The number of aliphatic hydroxyl groups excluding tert-OH is 1. The van der Waals surface area contributed by atoms with Crippen molar-refractivity contribution in [1.29, 1.82) is 0 Å². The molecule has 120 valence electrons. The molecule has 20 heavy (non-hydrogen) atoms. The predicted octanol–water partition coefficient (Wildman–Crippen LogP) is 4.17. The van der Waals surface area contributed by atoms with Crippen LogP contribution in [0.5, 0.6) is 0 Å². The predicted molar refractivity (Wildman–Crippen MR) is 72.4 cm³/mol. The average Bonchev–Trinajstić information content (AvgIpc) is 2.33. The minimum Gasteiger partial charge on any atom is -0.396 e. The zero-order valence-corrected chi connectivity index (χ0v) is 12.7. The van der Waals surface area contributed by atoms with Gasteiger partial charge in [-0.2, -0.15) is 13.2 Å². The lowest BCUT2D eigenvalue weighted by atomic mass is 9.63. The Morgan fingerprint density at radius 1 is 1.15 bits per heavy atom. The summed E-state index contributed by atoms with van der Waals surface area (Å²) in [5, 5.41) is 9.61. The second-order valence-electron chi connectivity index (χ2n) is 7.22.